The van der Waals surface area contributed by atoms with Crippen LogP contribution in [0.1, 0.15) is 53.1 Å². The molecule has 33 heavy (non-hydrogen) atoms. The van der Waals surface area contributed by atoms with E-state index in [1.54, 1.807) is 10.9 Å². The smallest absolute Gasteiger partial charge is 0.333 e. The van der Waals surface area contributed by atoms with Crippen LogP contribution in [-0.4, -0.2) is 29.0 Å². The van der Waals surface area contributed by atoms with Gasteiger partial charge in [-0.15, -0.1) is 0 Å². The zero-order valence-electron chi connectivity index (χ0n) is 19.1. The first-order valence-electron chi connectivity index (χ1n) is 11.3. The minimum absolute atomic E-state index is 0.234. The van der Waals surface area contributed by atoms with Crippen molar-refractivity contribution in [1.82, 2.24) is 23.3 Å². The van der Waals surface area contributed by atoms with Crippen LogP contribution in [0, 0.1) is 13.8 Å². The maximum atomic E-state index is 13.5. The monoisotopic (exact) mass is 445 g/mol. The Morgan fingerprint density at radius 1 is 1.09 bits per heavy atom. The number of carbonyl (C=O) groups excluding carboxylic acids is 1. The normalized spacial score (nSPS) is 13.7. The predicted octanol–water partition coefficient (Wildman–Crippen LogP) is 3.06. The van der Waals surface area contributed by atoms with Crippen molar-refractivity contribution in [2.75, 3.05) is 0 Å². The number of hydrogen-bond donors (Lipinski definition) is 0. The summed E-state index contributed by atoms with van der Waals surface area (Å²) >= 11 is 0. The maximum absolute atomic E-state index is 13.5. The number of ketones is 1. The van der Waals surface area contributed by atoms with Crippen LogP contribution < -0.4 is 11.2 Å². The third-order valence-electron chi connectivity index (χ3n) is 6.51. The van der Waals surface area contributed by atoms with E-state index in [9.17, 15) is 14.4 Å². The van der Waals surface area contributed by atoms with Gasteiger partial charge in [0.05, 0.1) is 19.4 Å². The van der Waals surface area contributed by atoms with E-state index in [0.717, 1.165) is 34.4 Å². The molecule has 5 rings (SSSR count). The lowest BCUT2D eigenvalue weighted by Crippen LogP contribution is -2.42. The molecule has 170 valence electrons. The molecule has 1 saturated carbocycles. The van der Waals surface area contributed by atoms with Gasteiger partial charge in [0.25, 0.3) is 5.56 Å². The molecule has 1 aliphatic carbocycles. The lowest BCUT2D eigenvalue weighted by Gasteiger charge is -2.12. The van der Waals surface area contributed by atoms with E-state index < -0.39 is 11.2 Å². The molecule has 1 fully saturated rings. The van der Waals surface area contributed by atoms with E-state index in [-0.39, 0.29) is 18.9 Å². The summed E-state index contributed by atoms with van der Waals surface area (Å²) in [6.45, 7) is 6.34. The summed E-state index contributed by atoms with van der Waals surface area (Å²) in [6.07, 6.45) is 3.80. The molecule has 1 aromatic carbocycles. The van der Waals surface area contributed by atoms with Crippen LogP contribution in [0.3, 0.4) is 0 Å². The number of imidazole rings is 1. The van der Waals surface area contributed by atoms with Crippen molar-refractivity contribution >= 4 is 16.9 Å². The van der Waals surface area contributed by atoms with E-state index in [1.807, 2.05) is 57.2 Å². The van der Waals surface area contributed by atoms with Gasteiger partial charge >= 0.3 is 5.69 Å². The largest absolute Gasteiger partial charge is 0.345 e. The molecule has 0 radical (unpaired) electrons. The van der Waals surface area contributed by atoms with Crippen LogP contribution in [-0.2, 0) is 19.6 Å². The maximum Gasteiger partial charge on any atom is 0.333 e. The highest BCUT2D eigenvalue weighted by Gasteiger charge is 2.29. The average molecular weight is 446 g/mol. The quantitative estimate of drug-likeness (QED) is 0.409. The summed E-state index contributed by atoms with van der Waals surface area (Å²) < 4.78 is 6.46. The van der Waals surface area contributed by atoms with E-state index in [2.05, 4.69) is 9.55 Å². The Labute approximate surface area is 190 Å². The van der Waals surface area contributed by atoms with E-state index in [1.165, 1.54) is 4.57 Å². The van der Waals surface area contributed by atoms with Crippen LogP contribution in [0.25, 0.3) is 11.2 Å². The summed E-state index contributed by atoms with van der Waals surface area (Å²) in [4.78, 5) is 44.5. The molecular formula is C25H27N5O3. The van der Waals surface area contributed by atoms with E-state index >= 15 is 0 Å². The van der Waals surface area contributed by atoms with Gasteiger partial charge in [-0.3, -0.25) is 18.7 Å². The first-order valence-corrected chi connectivity index (χ1v) is 11.3. The van der Waals surface area contributed by atoms with Crippen molar-refractivity contribution in [3.63, 3.8) is 0 Å². The summed E-state index contributed by atoms with van der Waals surface area (Å²) in [7, 11) is 0. The second-order valence-electron chi connectivity index (χ2n) is 8.76. The summed E-state index contributed by atoms with van der Waals surface area (Å²) in [6, 6.07) is 11.9. The molecule has 4 aromatic rings. The van der Waals surface area contributed by atoms with Crippen LogP contribution in [0.15, 0.2) is 52.3 Å². The number of hydrogen-bond acceptors (Lipinski definition) is 4. The van der Waals surface area contributed by atoms with Gasteiger partial charge in [0.15, 0.2) is 16.9 Å². The fraction of sp³-hybridized carbons (Fsp3) is 0.360. The first kappa shape index (κ1) is 21.2. The number of aromatic nitrogens is 5. The second-order valence-corrected chi connectivity index (χ2v) is 8.76. The molecule has 0 atom stereocenters. The number of rotatable bonds is 7. The van der Waals surface area contributed by atoms with Gasteiger partial charge < -0.3 is 9.13 Å². The number of nitrogens with zero attached hydrogens (tertiary/aromatic N) is 5. The SMILES string of the molecule is CCn1cnc2c1c(=O)n(CC(=O)c1cc(C)n(C3CC3)c1C)c(=O)n2Cc1ccccc1. The van der Waals surface area contributed by atoms with Gasteiger partial charge in [0, 0.05) is 29.5 Å². The molecule has 8 heteroatoms. The van der Waals surface area contributed by atoms with Crippen molar-refractivity contribution in [2.24, 2.45) is 0 Å². The number of fused-ring (bicyclic) bond motifs is 1. The summed E-state index contributed by atoms with van der Waals surface area (Å²) in [5.74, 6) is -0.234. The number of aryl methyl sites for hydroxylation is 2. The first-order chi connectivity index (χ1) is 15.9. The molecule has 0 aliphatic heterocycles. The lowest BCUT2D eigenvalue weighted by molar-refractivity contribution is 0.0968. The van der Waals surface area contributed by atoms with Crippen LogP contribution in [0.2, 0.25) is 0 Å². The van der Waals surface area contributed by atoms with Crippen molar-refractivity contribution in [2.45, 2.75) is 59.3 Å². The third-order valence-corrected chi connectivity index (χ3v) is 6.51. The molecule has 0 bridgehead atoms. The van der Waals surface area contributed by atoms with Gasteiger partial charge in [-0.2, -0.15) is 0 Å². The summed E-state index contributed by atoms with van der Waals surface area (Å²) in [5.41, 5.74) is 3.09. The van der Waals surface area contributed by atoms with Crippen LogP contribution >= 0.6 is 0 Å². The molecule has 0 N–H and O–H groups in total. The molecule has 3 aromatic heterocycles. The standard InChI is InChI=1S/C25H27N5O3/c1-4-27-15-26-23-22(27)24(32)29(25(33)28(23)13-18-8-6-5-7-9-18)14-21(31)20-12-16(2)30(17(20)3)19-10-11-19/h5-9,12,15,19H,4,10-11,13-14H2,1-3H3. The molecule has 0 spiro atoms. The third kappa shape index (κ3) is 3.55. The number of carbonyl (C=O) groups is 1. The molecule has 3 heterocycles. The van der Waals surface area contributed by atoms with Crippen LogP contribution in [0.5, 0.6) is 0 Å². The van der Waals surface area contributed by atoms with E-state index in [0.29, 0.717) is 29.3 Å². The summed E-state index contributed by atoms with van der Waals surface area (Å²) in [5, 5.41) is 0. The van der Waals surface area contributed by atoms with Gasteiger partial charge in [0.1, 0.15) is 0 Å². The van der Waals surface area contributed by atoms with Gasteiger partial charge in [0.2, 0.25) is 0 Å². The topological polar surface area (TPSA) is 83.8 Å². The fourth-order valence-corrected chi connectivity index (χ4v) is 4.71. The van der Waals surface area contributed by atoms with Crippen molar-refractivity contribution in [1.29, 1.82) is 0 Å². The Morgan fingerprint density at radius 3 is 2.48 bits per heavy atom. The molecule has 0 unspecified atom stereocenters. The minimum Gasteiger partial charge on any atom is -0.345 e. The van der Waals surface area contributed by atoms with E-state index in [4.69, 9.17) is 0 Å². The molecular weight excluding hydrogens is 418 g/mol. The Morgan fingerprint density at radius 2 is 1.82 bits per heavy atom. The van der Waals surface area contributed by atoms with Crippen molar-refractivity contribution in [3.8, 4) is 0 Å². The van der Waals surface area contributed by atoms with Gasteiger partial charge in [-0.05, 0) is 45.2 Å². The predicted molar refractivity (Wildman–Crippen MR) is 126 cm³/mol. The Hall–Kier alpha value is -3.68. The van der Waals surface area contributed by atoms with Crippen molar-refractivity contribution < 1.29 is 4.79 Å². The lowest BCUT2D eigenvalue weighted by atomic mass is 10.1. The highest BCUT2D eigenvalue weighted by molar-refractivity contribution is 5.97. The average Bonchev–Trinajstić information content (AvgIpc) is 3.47. The zero-order valence-corrected chi connectivity index (χ0v) is 19.1. The molecule has 0 saturated heterocycles. The Bertz CT molecular complexity index is 1480. The molecule has 1 aliphatic rings. The Kier molecular flexibility index (Phi) is 5.15. The molecule has 8 nitrogen and oxygen atoms in total. The van der Waals surface area contributed by atoms with Gasteiger partial charge in [-0.1, -0.05) is 30.3 Å². The number of Topliss-reactive ketones (excluding diaryl/α,β-unsaturated/α-hetero) is 1. The zero-order chi connectivity index (χ0) is 23.3. The van der Waals surface area contributed by atoms with Gasteiger partial charge in [-0.25, -0.2) is 9.78 Å². The highest BCUT2D eigenvalue weighted by atomic mass is 16.2. The number of benzene rings is 1. The Balaban J connectivity index is 1.62. The highest BCUT2D eigenvalue weighted by Crippen LogP contribution is 2.38. The van der Waals surface area contributed by atoms with Crippen LogP contribution in [0.4, 0.5) is 0 Å². The molecule has 0 amide bonds. The minimum atomic E-state index is -0.526. The second kappa shape index (κ2) is 8.03. The fourth-order valence-electron chi connectivity index (χ4n) is 4.71. The van der Waals surface area contributed by atoms with Crippen molar-refractivity contribution in [3.05, 3.63) is 86.1 Å².